The van der Waals surface area contributed by atoms with Crippen LogP contribution >= 0.6 is 23.1 Å². The van der Waals surface area contributed by atoms with E-state index in [9.17, 15) is 4.79 Å². The largest absolute Gasteiger partial charge is 0.274 e. The van der Waals surface area contributed by atoms with Gasteiger partial charge in [-0.15, -0.1) is 5.10 Å². The Bertz CT molecular complexity index is 827. The molecule has 120 valence electrons. The molecule has 0 radical (unpaired) electrons. The maximum atomic E-state index is 11.9. The fraction of sp³-hybridized carbons (Fsp3) is 0.353. The van der Waals surface area contributed by atoms with Crippen LogP contribution in [0.15, 0.2) is 45.5 Å². The van der Waals surface area contributed by atoms with Gasteiger partial charge in [-0.2, -0.15) is 4.98 Å². The summed E-state index contributed by atoms with van der Waals surface area (Å²) in [5.74, 6) is 1.06. The first-order valence-electron chi connectivity index (χ1n) is 7.87. The molecule has 1 aromatic carbocycles. The highest BCUT2D eigenvalue weighted by Gasteiger charge is 2.11. The maximum Gasteiger partial charge on any atom is 0.274 e. The molecule has 0 unspecified atom stereocenters. The summed E-state index contributed by atoms with van der Waals surface area (Å²) in [7, 11) is 0. The molecule has 0 spiro atoms. The molecule has 0 fully saturated rings. The van der Waals surface area contributed by atoms with Crippen molar-refractivity contribution in [1.82, 2.24) is 14.6 Å². The quantitative estimate of drug-likeness (QED) is 0.467. The van der Waals surface area contributed by atoms with Crippen LogP contribution in [0.25, 0.3) is 16.2 Å². The van der Waals surface area contributed by atoms with Crippen molar-refractivity contribution in [3.05, 3.63) is 46.8 Å². The van der Waals surface area contributed by atoms with E-state index in [0.29, 0.717) is 4.96 Å². The van der Waals surface area contributed by atoms with E-state index in [1.54, 1.807) is 22.3 Å². The number of fused-ring (bicyclic) bond motifs is 1. The highest BCUT2D eigenvalue weighted by Crippen LogP contribution is 2.27. The smallest absolute Gasteiger partial charge is 0.267 e. The van der Waals surface area contributed by atoms with E-state index in [0.717, 1.165) is 21.3 Å². The Labute approximate surface area is 143 Å². The second-order valence-corrected chi connectivity index (χ2v) is 7.62. The molecule has 0 aliphatic carbocycles. The number of hydrogen-bond acceptors (Lipinski definition) is 5. The molecular weight excluding hydrogens is 326 g/mol. The van der Waals surface area contributed by atoms with Gasteiger partial charge in [-0.1, -0.05) is 79.6 Å². The first kappa shape index (κ1) is 16.2. The Hall–Kier alpha value is -1.66. The lowest BCUT2D eigenvalue weighted by Gasteiger charge is -2.02. The number of benzene rings is 1. The van der Waals surface area contributed by atoms with Crippen molar-refractivity contribution in [2.75, 3.05) is 5.75 Å². The van der Waals surface area contributed by atoms with Crippen LogP contribution in [0.5, 0.6) is 0 Å². The van der Waals surface area contributed by atoms with Crippen molar-refractivity contribution in [3.63, 3.8) is 0 Å². The summed E-state index contributed by atoms with van der Waals surface area (Å²) >= 11 is 3.24. The molecule has 0 aliphatic rings. The van der Waals surface area contributed by atoms with E-state index in [1.165, 1.54) is 37.0 Å². The second-order valence-electron chi connectivity index (χ2n) is 5.32. The Kier molecular flexibility index (Phi) is 5.46. The third-order valence-electron chi connectivity index (χ3n) is 3.53. The van der Waals surface area contributed by atoms with Gasteiger partial charge in [0.1, 0.15) is 0 Å². The Morgan fingerprint density at radius 2 is 2.00 bits per heavy atom. The van der Waals surface area contributed by atoms with Gasteiger partial charge >= 0.3 is 0 Å². The third-order valence-corrected chi connectivity index (χ3v) is 5.66. The summed E-state index contributed by atoms with van der Waals surface area (Å²) in [6.45, 7) is 2.22. The normalized spacial score (nSPS) is 11.2. The zero-order valence-electron chi connectivity index (χ0n) is 13.1. The monoisotopic (exact) mass is 345 g/mol. The lowest BCUT2D eigenvalue weighted by molar-refractivity contribution is 0.706. The van der Waals surface area contributed by atoms with Crippen LogP contribution < -0.4 is 5.56 Å². The minimum atomic E-state index is -0.216. The van der Waals surface area contributed by atoms with Crippen LogP contribution in [0.2, 0.25) is 0 Å². The number of hydrogen-bond donors (Lipinski definition) is 0. The maximum absolute atomic E-state index is 11.9. The summed E-state index contributed by atoms with van der Waals surface area (Å²) in [6, 6.07) is 11.4. The fourth-order valence-corrected chi connectivity index (χ4v) is 4.37. The van der Waals surface area contributed by atoms with Crippen molar-refractivity contribution in [2.24, 2.45) is 0 Å². The van der Waals surface area contributed by atoms with Gasteiger partial charge in [-0.3, -0.25) is 4.79 Å². The molecule has 0 atom stereocenters. The molecule has 3 aromatic rings. The van der Waals surface area contributed by atoms with Gasteiger partial charge in [0.2, 0.25) is 4.96 Å². The zero-order valence-corrected chi connectivity index (χ0v) is 14.7. The molecular formula is C17H19N3OS2. The van der Waals surface area contributed by atoms with Gasteiger partial charge in [-0.25, -0.2) is 4.52 Å². The second kappa shape index (κ2) is 7.75. The number of rotatable bonds is 7. The molecule has 4 nitrogen and oxygen atoms in total. The van der Waals surface area contributed by atoms with Gasteiger partial charge in [-0.05, 0) is 6.42 Å². The molecule has 0 aliphatic heterocycles. The predicted octanol–water partition coefficient (Wildman–Crippen LogP) is 4.49. The van der Waals surface area contributed by atoms with Crippen LogP contribution in [0.3, 0.4) is 0 Å². The first-order chi connectivity index (χ1) is 11.3. The molecule has 0 N–H and O–H groups in total. The highest BCUT2D eigenvalue weighted by atomic mass is 32.2. The van der Waals surface area contributed by atoms with Crippen LogP contribution in [-0.2, 0) is 0 Å². The van der Waals surface area contributed by atoms with Crippen molar-refractivity contribution in [2.45, 2.75) is 36.9 Å². The molecule has 3 rings (SSSR count). The lowest BCUT2D eigenvalue weighted by atomic mass is 10.1. The molecule has 0 saturated carbocycles. The Morgan fingerprint density at radius 3 is 2.78 bits per heavy atom. The summed E-state index contributed by atoms with van der Waals surface area (Å²) < 4.78 is 2.76. The molecule has 2 aromatic heterocycles. The number of unbranched alkanes of at least 4 members (excludes halogenated alkanes) is 3. The average Bonchev–Trinajstić information content (AvgIpc) is 2.97. The highest BCUT2D eigenvalue weighted by molar-refractivity contribution is 8.01. The van der Waals surface area contributed by atoms with Crippen LogP contribution in [0.1, 0.15) is 32.6 Å². The van der Waals surface area contributed by atoms with Gasteiger partial charge < -0.3 is 0 Å². The van der Waals surface area contributed by atoms with E-state index >= 15 is 0 Å². The van der Waals surface area contributed by atoms with Gasteiger partial charge in [0.05, 0.1) is 5.69 Å². The minimum Gasteiger partial charge on any atom is -0.267 e. The van der Waals surface area contributed by atoms with E-state index < -0.39 is 0 Å². The predicted molar refractivity (Wildman–Crippen MR) is 97.4 cm³/mol. The third kappa shape index (κ3) is 4.00. The van der Waals surface area contributed by atoms with Crippen molar-refractivity contribution in [1.29, 1.82) is 0 Å². The Morgan fingerprint density at radius 1 is 1.17 bits per heavy atom. The molecule has 6 heteroatoms. The van der Waals surface area contributed by atoms with Crippen LogP contribution in [0, 0.1) is 0 Å². The fourth-order valence-electron chi connectivity index (χ4n) is 2.36. The Balaban J connectivity index is 1.86. The van der Waals surface area contributed by atoms with Gasteiger partial charge in [0, 0.05) is 17.4 Å². The van der Waals surface area contributed by atoms with Crippen molar-refractivity contribution in [3.8, 4) is 11.3 Å². The minimum absolute atomic E-state index is 0.216. The van der Waals surface area contributed by atoms with Crippen LogP contribution in [-0.4, -0.2) is 20.4 Å². The van der Waals surface area contributed by atoms with E-state index in [-0.39, 0.29) is 5.56 Å². The van der Waals surface area contributed by atoms with Gasteiger partial charge in [0.15, 0.2) is 4.34 Å². The summed E-state index contributed by atoms with van der Waals surface area (Å²) in [5, 5.41) is 4.64. The summed E-state index contributed by atoms with van der Waals surface area (Å²) in [5.41, 5.74) is 1.56. The van der Waals surface area contributed by atoms with E-state index in [2.05, 4.69) is 17.0 Å². The van der Waals surface area contributed by atoms with Gasteiger partial charge in [0.25, 0.3) is 5.56 Å². The number of nitrogens with zero attached hydrogens (tertiary/aromatic N) is 3. The number of thioether (sulfide) groups is 1. The number of aromatic nitrogens is 3. The molecule has 0 bridgehead atoms. The molecule has 2 heterocycles. The van der Waals surface area contributed by atoms with Crippen molar-refractivity contribution >= 4 is 28.1 Å². The first-order valence-corrected chi connectivity index (χ1v) is 9.67. The molecule has 0 saturated heterocycles. The zero-order chi connectivity index (χ0) is 16.1. The molecule has 0 amide bonds. The standard InChI is InChI=1S/C17H19N3OS2/c1-2-3-4-8-11-22-17-19-20-14(13-9-6-5-7-10-13)12-15(21)18-16(20)23-17/h5-7,9-10,12H,2-4,8,11H2,1H3. The van der Waals surface area contributed by atoms with Crippen LogP contribution in [0.4, 0.5) is 0 Å². The molecule has 23 heavy (non-hydrogen) atoms. The summed E-state index contributed by atoms with van der Waals surface area (Å²) in [6.07, 6.45) is 5.00. The lowest BCUT2D eigenvalue weighted by Crippen LogP contribution is -2.09. The SMILES string of the molecule is CCCCCCSc1nn2c(-c3ccccc3)cc(=O)nc2s1. The average molecular weight is 345 g/mol. The van der Waals surface area contributed by atoms with E-state index in [4.69, 9.17) is 0 Å². The van der Waals surface area contributed by atoms with Crippen molar-refractivity contribution < 1.29 is 0 Å². The topological polar surface area (TPSA) is 47.3 Å². The van der Waals surface area contributed by atoms with E-state index in [1.807, 2.05) is 30.3 Å². The summed E-state index contributed by atoms with van der Waals surface area (Å²) in [4.78, 5) is 16.6.